The van der Waals surface area contributed by atoms with E-state index < -0.39 is 10.8 Å². The van der Waals surface area contributed by atoms with Gasteiger partial charge in [-0.2, -0.15) is 0 Å². The third-order valence-corrected chi connectivity index (χ3v) is 3.01. The van der Waals surface area contributed by atoms with Crippen LogP contribution in [0, 0.1) is 0 Å². The van der Waals surface area contributed by atoms with Crippen molar-refractivity contribution in [3.8, 4) is 0 Å². The second kappa shape index (κ2) is 7.50. The van der Waals surface area contributed by atoms with E-state index in [1.165, 1.54) is 5.57 Å². The first kappa shape index (κ1) is 11.8. The fourth-order valence-electron chi connectivity index (χ4n) is 0.721. The van der Waals surface area contributed by atoms with Crippen molar-refractivity contribution in [1.29, 1.82) is 0 Å². The van der Waals surface area contributed by atoms with Crippen molar-refractivity contribution in [2.24, 2.45) is 0 Å². The molecule has 0 spiro atoms. The molecular weight excluding hydrogens is 170 g/mol. The van der Waals surface area contributed by atoms with Gasteiger partial charge in [-0.1, -0.05) is 26.0 Å². The van der Waals surface area contributed by atoms with Crippen LogP contribution in [0.1, 0.15) is 20.3 Å². The number of nitrogens with one attached hydrogen (secondary N) is 1. The normalized spacial score (nSPS) is 12.8. The molecule has 0 aromatic heterocycles. The van der Waals surface area contributed by atoms with E-state index in [0.717, 1.165) is 31.0 Å². The maximum atomic E-state index is 11.0. The van der Waals surface area contributed by atoms with Crippen molar-refractivity contribution < 1.29 is 4.21 Å². The fraction of sp³-hybridized carbons (Fsp3) is 0.778. The average Bonchev–Trinajstić information content (AvgIpc) is 2.11. The monoisotopic (exact) mass is 189 g/mol. The van der Waals surface area contributed by atoms with Crippen LogP contribution >= 0.6 is 0 Å². The first-order valence-electron chi connectivity index (χ1n) is 4.43. The molecular formula is C9H19NOS. The van der Waals surface area contributed by atoms with Crippen molar-refractivity contribution in [3.05, 3.63) is 12.2 Å². The molecule has 0 amide bonds. The van der Waals surface area contributed by atoms with Gasteiger partial charge in [-0.3, -0.25) is 4.21 Å². The van der Waals surface area contributed by atoms with Crippen LogP contribution in [0.25, 0.3) is 0 Å². The molecule has 0 aromatic rings. The summed E-state index contributed by atoms with van der Waals surface area (Å²) in [6.07, 6.45) is 1.02. The Labute approximate surface area is 77.9 Å². The molecule has 0 bridgehead atoms. The predicted octanol–water partition coefficient (Wildman–Crippen LogP) is 1.31. The highest BCUT2D eigenvalue weighted by Crippen LogP contribution is 1.92. The summed E-state index contributed by atoms with van der Waals surface area (Å²) in [7, 11) is -0.636. The summed E-state index contributed by atoms with van der Waals surface area (Å²) >= 11 is 0. The van der Waals surface area contributed by atoms with E-state index in [2.05, 4.69) is 18.8 Å². The summed E-state index contributed by atoms with van der Waals surface area (Å²) in [4.78, 5) is 0. The Kier molecular flexibility index (Phi) is 7.40. The van der Waals surface area contributed by atoms with Gasteiger partial charge in [-0.25, -0.2) is 0 Å². The van der Waals surface area contributed by atoms with Crippen molar-refractivity contribution in [2.45, 2.75) is 20.3 Å². The third kappa shape index (κ3) is 6.55. The van der Waals surface area contributed by atoms with E-state index in [1.807, 2.05) is 6.92 Å². The Bertz CT molecular complexity index is 139. The number of hydrogen-bond acceptors (Lipinski definition) is 2. The van der Waals surface area contributed by atoms with E-state index in [1.54, 1.807) is 0 Å². The fourth-order valence-corrected chi connectivity index (χ4v) is 1.38. The summed E-state index contributed by atoms with van der Waals surface area (Å²) in [5.41, 5.74) is 1.21. The summed E-state index contributed by atoms with van der Waals surface area (Å²) in [5, 5.41) is 3.21. The molecule has 0 rings (SSSR count). The van der Waals surface area contributed by atoms with E-state index in [-0.39, 0.29) is 0 Å². The van der Waals surface area contributed by atoms with Crippen LogP contribution in [-0.2, 0) is 10.8 Å². The molecule has 0 saturated carbocycles. The smallest absolute Gasteiger partial charge is 0.0360 e. The molecule has 0 fully saturated rings. The number of rotatable bonds is 7. The minimum absolute atomic E-state index is 0.636. The standard InChI is InChI=1S/C9H19NOS/c1-4-9(3)8-10-6-7-12(11)5-2/h10H,3-8H2,1-2H3. The molecule has 1 N–H and O–H groups in total. The first-order chi connectivity index (χ1) is 5.70. The van der Waals surface area contributed by atoms with E-state index >= 15 is 0 Å². The number of hydrogen-bond donors (Lipinski definition) is 1. The van der Waals surface area contributed by atoms with Gasteiger partial charge in [-0.05, 0) is 6.42 Å². The highest BCUT2D eigenvalue weighted by Gasteiger charge is 1.95. The van der Waals surface area contributed by atoms with Gasteiger partial charge in [-0.15, -0.1) is 0 Å². The average molecular weight is 189 g/mol. The van der Waals surface area contributed by atoms with Gasteiger partial charge in [0.05, 0.1) is 0 Å². The Morgan fingerprint density at radius 2 is 2.17 bits per heavy atom. The van der Waals surface area contributed by atoms with Crippen LogP contribution in [0.5, 0.6) is 0 Å². The minimum atomic E-state index is -0.636. The lowest BCUT2D eigenvalue weighted by Crippen LogP contribution is -2.22. The Morgan fingerprint density at radius 3 is 2.67 bits per heavy atom. The zero-order valence-corrected chi connectivity index (χ0v) is 8.88. The van der Waals surface area contributed by atoms with Gasteiger partial charge in [0.2, 0.25) is 0 Å². The molecule has 1 atom stereocenters. The lowest BCUT2D eigenvalue weighted by Gasteiger charge is -2.04. The van der Waals surface area contributed by atoms with Crippen LogP contribution in [-0.4, -0.2) is 28.8 Å². The minimum Gasteiger partial charge on any atom is -0.312 e. The van der Waals surface area contributed by atoms with Crippen LogP contribution in [0.2, 0.25) is 0 Å². The van der Waals surface area contributed by atoms with Gasteiger partial charge in [0.1, 0.15) is 0 Å². The molecule has 12 heavy (non-hydrogen) atoms. The second-order valence-electron chi connectivity index (χ2n) is 2.71. The maximum Gasteiger partial charge on any atom is 0.0360 e. The predicted molar refractivity (Wildman–Crippen MR) is 55.9 cm³/mol. The summed E-state index contributed by atoms with van der Waals surface area (Å²) in [6, 6.07) is 0. The maximum absolute atomic E-state index is 11.0. The zero-order chi connectivity index (χ0) is 9.40. The lowest BCUT2D eigenvalue weighted by atomic mass is 10.2. The molecule has 3 heteroatoms. The van der Waals surface area contributed by atoms with Gasteiger partial charge in [0, 0.05) is 35.4 Å². The van der Waals surface area contributed by atoms with Crippen molar-refractivity contribution in [1.82, 2.24) is 5.32 Å². The highest BCUT2D eigenvalue weighted by atomic mass is 32.2. The molecule has 0 aliphatic heterocycles. The lowest BCUT2D eigenvalue weighted by molar-refractivity contribution is 0.678. The Hall–Kier alpha value is -0.150. The topological polar surface area (TPSA) is 29.1 Å². The van der Waals surface area contributed by atoms with Crippen LogP contribution in [0.15, 0.2) is 12.2 Å². The molecule has 0 radical (unpaired) electrons. The van der Waals surface area contributed by atoms with Crippen molar-refractivity contribution in [2.75, 3.05) is 24.6 Å². The van der Waals surface area contributed by atoms with E-state index in [0.29, 0.717) is 0 Å². The molecule has 0 aromatic carbocycles. The van der Waals surface area contributed by atoms with E-state index in [9.17, 15) is 4.21 Å². The third-order valence-electron chi connectivity index (χ3n) is 1.70. The zero-order valence-electron chi connectivity index (χ0n) is 8.06. The first-order valence-corrected chi connectivity index (χ1v) is 5.91. The van der Waals surface area contributed by atoms with E-state index in [4.69, 9.17) is 0 Å². The SMILES string of the molecule is C=C(CC)CNCCS(=O)CC. The van der Waals surface area contributed by atoms with Gasteiger partial charge in [0.15, 0.2) is 0 Å². The summed E-state index contributed by atoms with van der Waals surface area (Å²) in [5.74, 6) is 1.52. The highest BCUT2D eigenvalue weighted by molar-refractivity contribution is 7.84. The van der Waals surface area contributed by atoms with Crippen LogP contribution < -0.4 is 5.32 Å². The van der Waals surface area contributed by atoms with Crippen LogP contribution in [0.4, 0.5) is 0 Å². The Balaban J connectivity index is 3.21. The molecule has 2 nitrogen and oxygen atoms in total. The molecule has 0 saturated heterocycles. The van der Waals surface area contributed by atoms with Gasteiger partial charge >= 0.3 is 0 Å². The molecule has 1 unspecified atom stereocenters. The van der Waals surface area contributed by atoms with Gasteiger partial charge < -0.3 is 5.32 Å². The summed E-state index contributed by atoms with van der Waals surface area (Å²) < 4.78 is 11.0. The molecule has 0 aliphatic carbocycles. The summed E-state index contributed by atoms with van der Waals surface area (Å²) in [6.45, 7) is 9.60. The quantitative estimate of drug-likeness (QED) is 0.483. The molecule has 72 valence electrons. The second-order valence-corrected chi connectivity index (χ2v) is 4.58. The van der Waals surface area contributed by atoms with Gasteiger partial charge in [0.25, 0.3) is 0 Å². The molecule has 0 aliphatic rings. The van der Waals surface area contributed by atoms with Crippen molar-refractivity contribution >= 4 is 10.8 Å². The largest absolute Gasteiger partial charge is 0.312 e. The Morgan fingerprint density at radius 1 is 1.50 bits per heavy atom. The van der Waals surface area contributed by atoms with Crippen molar-refractivity contribution in [3.63, 3.8) is 0 Å². The molecule has 0 heterocycles. The van der Waals surface area contributed by atoms with Crippen LogP contribution in [0.3, 0.4) is 0 Å².